The van der Waals surface area contributed by atoms with Crippen LogP contribution in [0.15, 0.2) is 78.9 Å². The molecule has 0 aliphatic carbocycles. The summed E-state index contributed by atoms with van der Waals surface area (Å²) in [6.45, 7) is 10.2. The van der Waals surface area contributed by atoms with Gasteiger partial charge < -0.3 is 9.64 Å². The first-order valence-corrected chi connectivity index (χ1v) is 13.4. The van der Waals surface area contributed by atoms with E-state index < -0.39 is 17.1 Å². The van der Waals surface area contributed by atoms with E-state index in [4.69, 9.17) is 4.74 Å². The number of Topliss-reactive ketones (excluding diaryl/α,β-unsaturated/α-hetero) is 3. The molecule has 1 aliphatic heterocycles. The minimum Gasteiger partial charge on any atom is -0.378 e. The van der Waals surface area contributed by atoms with Gasteiger partial charge in [-0.1, -0.05) is 75.4 Å². The van der Waals surface area contributed by atoms with Crippen LogP contribution in [0.4, 0.5) is 5.69 Å². The topological polar surface area (TPSA) is 66.9 Å². The van der Waals surface area contributed by atoms with Gasteiger partial charge in [-0.25, -0.2) is 0 Å². The van der Waals surface area contributed by atoms with Crippen molar-refractivity contribution in [3.8, 4) is 0 Å². The molecule has 0 aromatic heterocycles. The second-order valence-corrected chi connectivity index (χ2v) is 9.43. The summed E-state index contributed by atoms with van der Waals surface area (Å²) >= 11 is 0. The van der Waals surface area contributed by atoms with Crippen LogP contribution in [-0.4, -0.2) is 61.6 Å². The lowest BCUT2D eigenvalue weighted by molar-refractivity contribution is 0.0533. The van der Waals surface area contributed by atoms with Crippen LogP contribution in [0.25, 0.3) is 0 Å². The molecule has 1 unspecified atom stereocenters. The Morgan fingerprint density at radius 2 is 1.37 bits per heavy atom. The summed E-state index contributed by atoms with van der Waals surface area (Å²) in [5, 5.41) is 0. The van der Waals surface area contributed by atoms with E-state index in [2.05, 4.69) is 9.80 Å². The maximum absolute atomic E-state index is 14.5. The van der Waals surface area contributed by atoms with Crippen molar-refractivity contribution in [3.05, 3.63) is 101 Å². The Balaban J connectivity index is 1.79. The van der Waals surface area contributed by atoms with Gasteiger partial charge >= 0.3 is 0 Å². The van der Waals surface area contributed by atoms with Crippen LogP contribution in [0.1, 0.15) is 63.8 Å². The van der Waals surface area contributed by atoms with E-state index >= 15 is 0 Å². The van der Waals surface area contributed by atoms with E-state index in [0.717, 1.165) is 18.8 Å². The van der Waals surface area contributed by atoms with Crippen molar-refractivity contribution in [3.63, 3.8) is 0 Å². The summed E-state index contributed by atoms with van der Waals surface area (Å²) in [6, 6.07) is 23.4. The summed E-state index contributed by atoms with van der Waals surface area (Å²) in [6.07, 6.45) is 0.447. The number of hydrogen-bond acceptors (Lipinski definition) is 6. The van der Waals surface area contributed by atoms with Crippen LogP contribution in [-0.2, 0) is 10.3 Å². The van der Waals surface area contributed by atoms with Crippen LogP contribution in [0.3, 0.4) is 0 Å². The third-order valence-electron chi connectivity index (χ3n) is 7.56. The molecule has 198 valence electrons. The van der Waals surface area contributed by atoms with Gasteiger partial charge in [0.2, 0.25) is 11.6 Å². The average molecular weight is 513 g/mol. The number of likely N-dealkylation sites (N-methyl/N-ethyl adjacent to an activating group) is 1. The van der Waals surface area contributed by atoms with Gasteiger partial charge in [-0.05, 0) is 49.3 Å². The van der Waals surface area contributed by atoms with Crippen molar-refractivity contribution >= 4 is 23.0 Å². The fourth-order valence-corrected chi connectivity index (χ4v) is 5.54. The van der Waals surface area contributed by atoms with E-state index in [-0.39, 0.29) is 11.3 Å². The molecule has 6 heteroatoms. The molecular formula is C32H36N2O4. The first-order chi connectivity index (χ1) is 18.5. The van der Waals surface area contributed by atoms with Gasteiger partial charge in [-0.3, -0.25) is 19.3 Å². The second-order valence-electron chi connectivity index (χ2n) is 9.43. The Bertz CT molecular complexity index is 1260. The van der Waals surface area contributed by atoms with Crippen molar-refractivity contribution in [2.75, 3.05) is 44.3 Å². The van der Waals surface area contributed by atoms with Crippen LogP contribution in [0.5, 0.6) is 0 Å². The predicted octanol–water partition coefficient (Wildman–Crippen LogP) is 5.42. The smallest absolute Gasteiger partial charge is 0.233 e. The molecular weight excluding hydrogens is 476 g/mol. The van der Waals surface area contributed by atoms with Crippen LogP contribution in [0.2, 0.25) is 0 Å². The van der Waals surface area contributed by atoms with Crippen molar-refractivity contribution in [1.82, 2.24) is 4.90 Å². The maximum atomic E-state index is 14.5. The van der Waals surface area contributed by atoms with E-state index in [1.807, 2.05) is 57.2 Å². The van der Waals surface area contributed by atoms with Gasteiger partial charge in [0.15, 0.2) is 5.78 Å². The van der Waals surface area contributed by atoms with E-state index in [1.165, 1.54) is 0 Å². The second kappa shape index (κ2) is 12.3. The van der Waals surface area contributed by atoms with Gasteiger partial charge in [-0.15, -0.1) is 0 Å². The highest BCUT2D eigenvalue weighted by Gasteiger charge is 2.45. The summed E-state index contributed by atoms with van der Waals surface area (Å²) < 4.78 is 5.47. The molecule has 1 aliphatic rings. The number of anilines is 1. The fraction of sp³-hybridized carbons (Fsp3) is 0.344. The highest BCUT2D eigenvalue weighted by atomic mass is 16.5. The Kier molecular flexibility index (Phi) is 8.87. The highest BCUT2D eigenvalue weighted by molar-refractivity contribution is 6.49. The minimum absolute atomic E-state index is 0.0790. The van der Waals surface area contributed by atoms with Crippen molar-refractivity contribution in [2.24, 2.45) is 0 Å². The largest absolute Gasteiger partial charge is 0.378 e. The summed E-state index contributed by atoms with van der Waals surface area (Å²) in [5.41, 5.74) is 1.71. The number of carbonyl (C=O) groups is 3. The Morgan fingerprint density at radius 1 is 0.763 bits per heavy atom. The summed E-state index contributed by atoms with van der Waals surface area (Å²) in [4.78, 5) is 45.6. The molecule has 0 bridgehead atoms. The standard InChI is InChI=1S/C32H36N2O4/c1-4-32(34(5-2)6-3,31(37)25-16-18-26(19-17-25)33-20-22-38-23-21-33)28-15-11-10-14-27(28)30(36)29(35)24-12-8-7-9-13-24/h7-19H,4-6,20-23H2,1-3H3. The van der Waals surface area contributed by atoms with Gasteiger partial charge in [-0.2, -0.15) is 0 Å². The molecule has 38 heavy (non-hydrogen) atoms. The summed E-state index contributed by atoms with van der Waals surface area (Å²) in [5.74, 6) is -1.26. The number of morpholine rings is 1. The molecule has 3 aromatic carbocycles. The number of benzene rings is 3. The first kappa shape index (κ1) is 27.4. The van der Waals surface area contributed by atoms with Crippen LogP contribution < -0.4 is 4.90 Å². The number of ketones is 3. The molecule has 3 aromatic rings. The number of nitrogens with zero attached hydrogens (tertiary/aromatic N) is 2. The van der Waals surface area contributed by atoms with Crippen molar-refractivity contribution < 1.29 is 19.1 Å². The predicted molar refractivity (Wildman–Crippen MR) is 150 cm³/mol. The summed E-state index contributed by atoms with van der Waals surface area (Å²) in [7, 11) is 0. The molecule has 1 atom stereocenters. The Labute approximate surface area is 225 Å². The molecule has 0 N–H and O–H groups in total. The highest BCUT2D eigenvalue weighted by Crippen LogP contribution is 2.38. The van der Waals surface area contributed by atoms with Crippen LogP contribution in [0, 0.1) is 0 Å². The lowest BCUT2D eigenvalue weighted by Gasteiger charge is -2.43. The minimum atomic E-state index is -1.10. The molecule has 1 saturated heterocycles. The molecule has 0 spiro atoms. The quantitative estimate of drug-likeness (QED) is 0.253. The molecule has 0 amide bonds. The molecule has 6 nitrogen and oxygen atoms in total. The number of hydrogen-bond donors (Lipinski definition) is 0. The van der Waals surface area contributed by atoms with Gasteiger partial charge in [0.05, 0.1) is 13.2 Å². The first-order valence-electron chi connectivity index (χ1n) is 13.4. The van der Waals surface area contributed by atoms with Crippen molar-refractivity contribution in [1.29, 1.82) is 0 Å². The molecule has 0 saturated carbocycles. The Morgan fingerprint density at radius 3 is 1.97 bits per heavy atom. The zero-order chi connectivity index (χ0) is 27.1. The van der Waals surface area contributed by atoms with Crippen molar-refractivity contribution in [2.45, 2.75) is 32.7 Å². The zero-order valence-electron chi connectivity index (χ0n) is 22.5. The van der Waals surface area contributed by atoms with E-state index in [9.17, 15) is 14.4 Å². The van der Waals surface area contributed by atoms with E-state index in [0.29, 0.717) is 49.4 Å². The van der Waals surface area contributed by atoms with Gasteiger partial charge in [0, 0.05) is 35.5 Å². The Hall–Kier alpha value is -3.61. The van der Waals surface area contributed by atoms with Gasteiger partial charge in [0.25, 0.3) is 0 Å². The lowest BCUT2D eigenvalue weighted by Crippen LogP contribution is -2.52. The fourth-order valence-electron chi connectivity index (χ4n) is 5.54. The number of carbonyl (C=O) groups excluding carboxylic acids is 3. The SMILES string of the molecule is CCN(CC)C(CC)(C(=O)c1ccc(N2CCOCC2)cc1)c1ccccc1C(=O)C(=O)c1ccccc1. The lowest BCUT2D eigenvalue weighted by atomic mass is 9.75. The number of rotatable bonds is 11. The number of ether oxygens (including phenoxy) is 1. The normalized spacial score (nSPS) is 15.2. The third kappa shape index (κ3) is 5.19. The molecule has 1 fully saturated rings. The molecule has 4 rings (SSSR count). The average Bonchev–Trinajstić information content (AvgIpc) is 3.00. The zero-order valence-corrected chi connectivity index (χ0v) is 22.5. The maximum Gasteiger partial charge on any atom is 0.233 e. The van der Waals surface area contributed by atoms with Gasteiger partial charge in [0.1, 0.15) is 5.54 Å². The molecule has 0 radical (unpaired) electrons. The van der Waals surface area contributed by atoms with E-state index in [1.54, 1.807) is 42.5 Å². The van der Waals surface area contributed by atoms with Crippen LogP contribution >= 0.6 is 0 Å². The molecule has 1 heterocycles. The third-order valence-corrected chi connectivity index (χ3v) is 7.56. The monoisotopic (exact) mass is 512 g/mol.